The van der Waals surface area contributed by atoms with Crippen LogP contribution in [0.2, 0.25) is 0 Å². The van der Waals surface area contributed by atoms with E-state index in [-0.39, 0.29) is 11.7 Å². The molecule has 2 rings (SSSR count). The molecule has 1 aromatic carbocycles. The lowest BCUT2D eigenvalue weighted by molar-refractivity contribution is -0.118. The average molecular weight is 226 g/mol. The lowest BCUT2D eigenvalue weighted by atomic mass is 9.97. The fourth-order valence-electron chi connectivity index (χ4n) is 1.94. The van der Waals surface area contributed by atoms with Gasteiger partial charge in [-0.15, -0.1) is 0 Å². The fourth-order valence-corrected chi connectivity index (χ4v) is 1.94. The molecule has 0 bridgehead atoms. The summed E-state index contributed by atoms with van der Waals surface area (Å²) >= 11 is 0. The third kappa shape index (κ3) is 2.87. The van der Waals surface area contributed by atoms with Crippen LogP contribution in [0, 0.1) is 11.6 Å². The maximum Gasteiger partial charge on any atom is 0.140 e. The first-order valence-corrected chi connectivity index (χ1v) is 5.65. The first kappa shape index (κ1) is 12.8. The molecular weight excluding hydrogens is 210 g/mol. The Kier molecular flexibility index (Phi) is 4.59. The summed E-state index contributed by atoms with van der Waals surface area (Å²) in [6, 6.07) is 3.32. The zero-order chi connectivity index (χ0) is 12.1. The topological polar surface area (TPSA) is 17.1 Å². The third-order valence-electron chi connectivity index (χ3n) is 2.59. The molecular formula is C13H16F2O. The van der Waals surface area contributed by atoms with Crippen molar-refractivity contribution in [3.05, 3.63) is 35.4 Å². The highest BCUT2D eigenvalue weighted by Crippen LogP contribution is 2.31. The van der Waals surface area contributed by atoms with Crippen LogP contribution in [0.25, 0.3) is 0 Å². The third-order valence-corrected chi connectivity index (χ3v) is 2.59. The van der Waals surface area contributed by atoms with E-state index in [4.69, 9.17) is 0 Å². The highest BCUT2D eigenvalue weighted by Gasteiger charge is 2.26. The second-order valence-electron chi connectivity index (χ2n) is 3.61. The van der Waals surface area contributed by atoms with Gasteiger partial charge in [-0.25, -0.2) is 8.78 Å². The van der Waals surface area contributed by atoms with Crippen molar-refractivity contribution in [1.82, 2.24) is 0 Å². The van der Waals surface area contributed by atoms with Gasteiger partial charge < -0.3 is 0 Å². The summed E-state index contributed by atoms with van der Waals surface area (Å²) in [7, 11) is 0. The van der Waals surface area contributed by atoms with Crippen molar-refractivity contribution in [2.45, 2.75) is 39.0 Å². The van der Waals surface area contributed by atoms with E-state index in [0.717, 1.165) is 12.5 Å². The van der Waals surface area contributed by atoms with Gasteiger partial charge in [-0.1, -0.05) is 13.8 Å². The van der Waals surface area contributed by atoms with Gasteiger partial charge in [0.25, 0.3) is 0 Å². The maximum absolute atomic E-state index is 12.9. The smallest absolute Gasteiger partial charge is 0.140 e. The van der Waals surface area contributed by atoms with Crippen molar-refractivity contribution < 1.29 is 13.6 Å². The van der Waals surface area contributed by atoms with E-state index >= 15 is 0 Å². The highest BCUT2D eigenvalue weighted by atomic mass is 19.1. The Bertz CT molecular complexity index is 354. The van der Waals surface area contributed by atoms with Crippen LogP contribution >= 0.6 is 0 Å². The van der Waals surface area contributed by atoms with Crippen molar-refractivity contribution in [3.63, 3.8) is 0 Å². The molecule has 0 aliphatic heterocycles. The van der Waals surface area contributed by atoms with Crippen molar-refractivity contribution in [2.24, 2.45) is 0 Å². The molecule has 1 aliphatic carbocycles. The normalized spacial score (nSPS) is 19.2. The van der Waals surface area contributed by atoms with Crippen molar-refractivity contribution in [1.29, 1.82) is 0 Å². The molecule has 0 radical (unpaired) electrons. The molecule has 1 unspecified atom stereocenters. The van der Waals surface area contributed by atoms with E-state index in [0.29, 0.717) is 18.4 Å². The first-order chi connectivity index (χ1) is 7.66. The Balaban J connectivity index is 0.000000606. The van der Waals surface area contributed by atoms with Crippen LogP contribution in [0.1, 0.15) is 44.6 Å². The lowest BCUT2D eigenvalue weighted by Crippen LogP contribution is -2.04. The molecule has 0 saturated heterocycles. The van der Waals surface area contributed by atoms with E-state index in [1.54, 1.807) is 0 Å². The molecule has 0 N–H and O–H groups in total. The Morgan fingerprint density at radius 1 is 1.12 bits per heavy atom. The number of rotatable bonds is 1. The largest absolute Gasteiger partial charge is 0.299 e. The SMILES string of the molecule is CC.O=C1CCCC1c1cc(F)cc(F)c1. The van der Waals surface area contributed by atoms with Crippen molar-refractivity contribution >= 4 is 5.78 Å². The molecule has 1 atom stereocenters. The molecule has 16 heavy (non-hydrogen) atoms. The molecule has 1 fully saturated rings. The van der Waals surface area contributed by atoms with Crippen LogP contribution < -0.4 is 0 Å². The van der Waals surface area contributed by atoms with Gasteiger partial charge >= 0.3 is 0 Å². The number of hydrogen-bond acceptors (Lipinski definition) is 1. The average Bonchev–Trinajstić information content (AvgIpc) is 2.66. The minimum Gasteiger partial charge on any atom is -0.299 e. The standard InChI is InChI=1S/C11H10F2O.C2H6/c12-8-4-7(5-9(13)6-8)10-2-1-3-11(10)14;1-2/h4-6,10H,1-3H2;1-2H3. The summed E-state index contributed by atoms with van der Waals surface area (Å²) in [5.41, 5.74) is 0.477. The van der Waals surface area contributed by atoms with E-state index in [1.165, 1.54) is 12.1 Å². The zero-order valence-electron chi connectivity index (χ0n) is 9.59. The summed E-state index contributed by atoms with van der Waals surface area (Å²) < 4.78 is 25.7. The van der Waals surface area contributed by atoms with E-state index in [9.17, 15) is 13.6 Å². The van der Waals surface area contributed by atoms with Crippen LogP contribution in [-0.4, -0.2) is 5.78 Å². The van der Waals surface area contributed by atoms with Gasteiger partial charge in [0.1, 0.15) is 17.4 Å². The summed E-state index contributed by atoms with van der Waals surface area (Å²) in [4.78, 5) is 11.4. The Hall–Kier alpha value is -1.25. The zero-order valence-corrected chi connectivity index (χ0v) is 9.59. The van der Waals surface area contributed by atoms with Gasteiger partial charge in [0, 0.05) is 18.4 Å². The second-order valence-corrected chi connectivity index (χ2v) is 3.61. The molecule has 1 nitrogen and oxygen atoms in total. The second kappa shape index (κ2) is 5.73. The molecule has 1 saturated carbocycles. The Labute approximate surface area is 94.5 Å². The summed E-state index contributed by atoms with van der Waals surface area (Å²) in [6.45, 7) is 4.00. The number of ketones is 1. The summed E-state index contributed by atoms with van der Waals surface area (Å²) in [6.07, 6.45) is 2.06. The fraction of sp³-hybridized carbons (Fsp3) is 0.462. The van der Waals surface area contributed by atoms with Crippen LogP contribution in [0.5, 0.6) is 0 Å². The van der Waals surface area contributed by atoms with Gasteiger partial charge in [0.05, 0.1) is 0 Å². The quantitative estimate of drug-likeness (QED) is 0.711. The minimum absolute atomic E-state index is 0.0926. The number of carbonyl (C=O) groups is 1. The van der Waals surface area contributed by atoms with Crippen LogP contribution in [-0.2, 0) is 4.79 Å². The first-order valence-electron chi connectivity index (χ1n) is 5.65. The molecule has 0 aromatic heterocycles. The van der Waals surface area contributed by atoms with Gasteiger partial charge in [-0.2, -0.15) is 0 Å². The monoisotopic (exact) mass is 226 g/mol. The van der Waals surface area contributed by atoms with Gasteiger partial charge in [-0.05, 0) is 30.5 Å². The summed E-state index contributed by atoms with van der Waals surface area (Å²) in [5, 5.41) is 0. The van der Waals surface area contributed by atoms with Crippen molar-refractivity contribution in [3.8, 4) is 0 Å². The van der Waals surface area contributed by atoms with Crippen LogP contribution in [0.15, 0.2) is 18.2 Å². The molecule has 1 aromatic rings. The van der Waals surface area contributed by atoms with Gasteiger partial charge in [0.2, 0.25) is 0 Å². The molecule has 0 spiro atoms. The van der Waals surface area contributed by atoms with Crippen LogP contribution in [0.4, 0.5) is 8.78 Å². The molecule has 0 amide bonds. The predicted octanol–water partition coefficient (Wildman–Crippen LogP) is 3.83. The summed E-state index contributed by atoms with van der Waals surface area (Å²) in [5.74, 6) is -1.42. The highest BCUT2D eigenvalue weighted by molar-refractivity contribution is 5.87. The van der Waals surface area contributed by atoms with E-state index < -0.39 is 11.6 Å². The number of carbonyl (C=O) groups excluding carboxylic acids is 1. The number of hydrogen-bond donors (Lipinski definition) is 0. The molecule has 0 heterocycles. The van der Waals surface area contributed by atoms with Gasteiger partial charge in [-0.3, -0.25) is 4.79 Å². The van der Waals surface area contributed by atoms with Crippen molar-refractivity contribution in [2.75, 3.05) is 0 Å². The Morgan fingerprint density at radius 3 is 2.12 bits per heavy atom. The molecule has 88 valence electrons. The molecule has 3 heteroatoms. The molecule has 1 aliphatic rings. The number of benzene rings is 1. The Morgan fingerprint density at radius 2 is 1.69 bits per heavy atom. The van der Waals surface area contributed by atoms with E-state index in [1.807, 2.05) is 13.8 Å². The van der Waals surface area contributed by atoms with Gasteiger partial charge in [0.15, 0.2) is 0 Å². The number of halogens is 2. The maximum atomic E-state index is 12.9. The van der Waals surface area contributed by atoms with E-state index in [2.05, 4.69) is 0 Å². The van der Waals surface area contributed by atoms with Crippen LogP contribution in [0.3, 0.4) is 0 Å². The minimum atomic E-state index is -0.611. The lowest BCUT2D eigenvalue weighted by Gasteiger charge is -2.07. The predicted molar refractivity (Wildman–Crippen MR) is 59.3 cm³/mol. The number of Topliss-reactive ketones (excluding diaryl/α,β-unsaturated/α-hetero) is 1.